The molecule has 1 atom stereocenters. The predicted octanol–water partition coefficient (Wildman–Crippen LogP) is 2.11. The van der Waals surface area contributed by atoms with E-state index in [0.717, 1.165) is 5.56 Å². The Bertz CT molecular complexity index is 1320. The number of fused-ring (bicyclic) bond motifs is 1. The van der Waals surface area contributed by atoms with Gasteiger partial charge in [-0.25, -0.2) is 22.8 Å². The summed E-state index contributed by atoms with van der Waals surface area (Å²) in [4.78, 5) is 36.5. The summed E-state index contributed by atoms with van der Waals surface area (Å²) in [5.41, 5.74) is 1.82. The minimum atomic E-state index is -3.94. The molecule has 0 unspecified atom stereocenters. The summed E-state index contributed by atoms with van der Waals surface area (Å²) in [5, 5.41) is 4.91. The van der Waals surface area contributed by atoms with Crippen LogP contribution in [0.2, 0.25) is 0 Å². The molecule has 2 aliphatic rings. The lowest BCUT2D eigenvalue weighted by Crippen LogP contribution is -2.45. The number of nitrogens with one attached hydrogen (secondary N) is 2. The standard InChI is InChI=1S/C24H25N3O7S/c1-3-33-23(29)19-13-25-24(30)26-20(19)14-34-22(28)17-8-6-9-18(12-17)35(31,32)27-15(2)11-16-7-4-5-10-21(16)27/h4-10,12,15H,3,11,13-14H2,1-2H3,(H2,25,26,30)/t15-/m0/s1. The Kier molecular flexibility index (Phi) is 6.79. The SMILES string of the molecule is CCOC(=O)C1=C(COC(=O)c2cccc(S(=O)(=O)N3c4ccccc4C[C@@H]3C)c2)NC(=O)NC1. The molecule has 10 nitrogen and oxygen atoms in total. The van der Waals surface area contributed by atoms with Crippen LogP contribution in [-0.4, -0.2) is 52.2 Å². The first-order chi connectivity index (χ1) is 16.7. The van der Waals surface area contributed by atoms with E-state index in [4.69, 9.17) is 9.47 Å². The number of hydrogen-bond donors (Lipinski definition) is 2. The number of carbonyl (C=O) groups excluding carboxylic acids is 3. The number of sulfonamides is 1. The molecule has 2 heterocycles. The Labute approximate surface area is 202 Å². The van der Waals surface area contributed by atoms with Gasteiger partial charge < -0.3 is 20.1 Å². The first kappa shape index (κ1) is 24.3. The summed E-state index contributed by atoms with van der Waals surface area (Å²) in [7, 11) is -3.94. The third-order valence-corrected chi connectivity index (χ3v) is 7.62. The normalized spacial score (nSPS) is 17.4. The van der Waals surface area contributed by atoms with Crippen molar-refractivity contribution in [3.63, 3.8) is 0 Å². The van der Waals surface area contributed by atoms with Gasteiger partial charge in [-0.15, -0.1) is 0 Å². The van der Waals surface area contributed by atoms with Crippen molar-refractivity contribution < 1.29 is 32.3 Å². The minimum absolute atomic E-state index is 0.0183. The van der Waals surface area contributed by atoms with E-state index in [2.05, 4.69) is 10.6 Å². The molecule has 0 bridgehead atoms. The molecule has 0 saturated carbocycles. The highest BCUT2D eigenvalue weighted by Gasteiger charge is 2.36. The Morgan fingerprint density at radius 1 is 1.09 bits per heavy atom. The van der Waals surface area contributed by atoms with Crippen molar-refractivity contribution in [2.45, 2.75) is 31.2 Å². The number of benzene rings is 2. The highest BCUT2D eigenvalue weighted by atomic mass is 32.2. The maximum Gasteiger partial charge on any atom is 0.338 e. The quantitative estimate of drug-likeness (QED) is 0.558. The van der Waals surface area contributed by atoms with Crippen LogP contribution >= 0.6 is 0 Å². The Hall–Kier alpha value is -3.86. The summed E-state index contributed by atoms with van der Waals surface area (Å²) in [6, 6.07) is 12.1. The number of para-hydroxylation sites is 1. The first-order valence-corrected chi connectivity index (χ1v) is 12.5. The molecule has 0 aliphatic carbocycles. The third kappa shape index (κ3) is 4.85. The number of anilines is 1. The van der Waals surface area contributed by atoms with Gasteiger partial charge in [0, 0.05) is 6.04 Å². The van der Waals surface area contributed by atoms with Crippen molar-refractivity contribution in [2.75, 3.05) is 24.1 Å². The zero-order valence-electron chi connectivity index (χ0n) is 19.2. The fraction of sp³-hybridized carbons (Fsp3) is 0.292. The van der Waals surface area contributed by atoms with Crippen LogP contribution in [0.4, 0.5) is 10.5 Å². The Morgan fingerprint density at radius 2 is 1.86 bits per heavy atom. The maximum atomic E-state index is 13.5. The van der Waals surface area contributed by atoms with E-state index in [1.807, 2.05) is 19.1 Å². The van der Waals surface area contributed by atoms with Crippen molar-refractivity contribution in [3.05, 3.63) is 70.9 Å². The van der Waals surface area contributed by atoms with E-state index in [1.54, 1.807) is 19.1 Å². The topological polar surface area (TPSA) is 131 Å². The average molecular weight is 500 g/mol. The van der Waals surface area contributed by atoms with Gasteiger partial charge in [-0.3, -0.25) is 4.31 Å². The molecule has 0 spiro atoms. The summed E-state index contributed by atoms with van der Waals surface area (Å²) in [5.74, 6) is -1.44. The Morgan fingerprint density at radius 3 is 2.63 bits per heavy atom. The lowest BCUT2D eigenvalue weighted by Gasteiger charge is -2.24. The van der Waals surface area contributed by atoms with Gasteiger partial charge in [0.1, 0.15) is 6.61 Å². The number of nitrogens with zero attached hydrogens (tertiary/aromatic N) is 1. The second-order valence-electron chi connectivity index (χ2n) is 8.07. The molecule has 0 radical (unpaired) electrons. The molecule has 2 aromatic carbocycles. The summed E-state index contributed by atoms with van der Waals surface area (Å²) in [6.07, 6.45) is 0.593. The highest BCUT2D eigenvalue weighted by Crippen LogP contribution is 2.36. The van der Waals surface area contributed by atoms with Crippen molar-refractivity contribution in [3.8, 4) is 0 Å². The van der Waals surface area contributed by atoms with Crippen LogP contribution < -0.4 is 14.9 Å². The molecule has 0 saturated heterocycles. The van der Waals surface area contributed by atoms with Gasteiger partial charge in [0.25, 0.3) is 10.0 Å². The number of esters is 2. The molecule has 0 fully saturated rings. The van der Waals surface area contributed by atoms with E-state index >= 15 is 0 Å². The molecule has 11 heteroatoms. The number of rotatable bonds is 7. The second kappa shape index (κ2) is 9.79. The van der Waals surface area contributed by atoms with E-state index in [9.17, 15) is 22.8 Å². The number of carbonyl (C=O) groups is 3. The van der Waals surface area contributed by atoms with Gasteiger partial charge in [0.2, 0.25) is 0 Å². The van der Waals surface area contributed by atoms with E-state index in [0.29, 0.717) is 12.1 Å². The molecule has 4 rings (SSSR count). The van der Waals surface area contributed by atoms with Crippen LogP contribution in [0.5, 0.6) is 0 Å². The molecule has 0 aromatic heterocycles. The van der Waals surface area contributed by atoms with E-state index < -0.39 is 34.6 Å². The number of amides is 2. The van der Waals surface area contributed by atoms with Gasteiger partial charge in [-0.1, -0.05) is 24.3 Å². The molecule has 2 aromatic rings. The smallest absolute Gasteiger partial charge is 0.338 e. The van der Waals surface area contributed by atoms with Crippen molar-refractivity contribution in [1.82, 2.24) is 10.6 Å². The van der Waals surface area contributed by atoms with E-state index in [-0.39, 0.29) is 40.9 Å². The molecule has 2 N–H and O–H groups in total. The second-order valence-corrected chi connectivity index (χ2v) is 9.89. The lowest BCUT2D eigenvalue weighted by atomic mass is 10.1. The maximum absolute atomic E-state index is 13.5. The highest BCUT2D eigenvalue weighted by molar-refractivity contribution is 7.92. The van der Waals surface area contributed by atoms with Crippen LogP contribution in [0.3, 0.4) is 0 Å². The summed E-state index contributed by atoms with van der Waals surface area (Å²) in [6.45, 7) is 3.16. The largest absolute Gasteiger partial charge is 0.463 e. The van der Waals surface area contributed by atoms with Gasteiger partial charge in [-0.05, 0) is 50.1 Å². The van der Waals surface area contributed by atoms with Crippen LogP contribution in [-0.2, 0) is 30.7 Å². The van der Waals surface area contributed by atoms with E-state index in [1.165, 1.54) is 28.6 Å². The third-order valence-electron chi connectivity index (χ3n) is 5.70. The molecule has 184 valence electrons. The number of urea groups is 1. The molecule has 2 amide bonds. The van der Waals surface area contributed by atoms with Crippen LogP contribution in [0.25, 0.3) is 0 Å². The van der Waals surface area contributed by atoms with Gasteiger partial charge in [0.05, 0.1) is 40.6 Å². The van der Waals surface area contributed by atoms with Crippen LogP contribution in [0.15, 0.2) is 64.7 Å². The predicted molar refractivity (Wildman–Crippen MR) is 126 cm³/mol. The molecule has 2 aliphatic heterocycles. The van der Waals surface area contributed by atoms with Gasteiger partial charge in [-0.2, -0.15) is 0 Å². The van der Waals surface area contributed by atoms with Gasteiger partial charge in [0.15, 0.2) is 0 Å². The summed E-state index contributed by atoms with van der Waals surface area (Å²) < 4.78 is 38.6. The average Bonchev–Trinajstić information content (AvgIpc) is 3.19. The zero-order valence-corrected chi connectivity index (χ0v) is 20.1. The fourth-order valence-corrected chi connectivity index (χ4v) is 5.83. The van der Waals surface area contributed by atoms with Crippen molar-refractivity contribution in [1.29, 1.82) is 0 Å². The molecular formula is C24H25N3O7S. The van der Waals surface area contributed by atoms with Crippen LogP contribution in [0.1, 0.15) is 29.8 Å². The monoisotopic (exact) mass is 499 g/mol. The summed E-state index contributed by atoms with van der Waals surface area (Å²) >= 11 is 0. The minimum Gasteiger partial charge on any atom is -0.463 e. The van der Waals surface area contributed by atoms with Crippen molar-refractivity contribution in [2.24, 2.45) is 0 Å². The first-order valence-electron chi connectivity index (χ1n) is 11.1. The van der Waals surface area contributed by atoms with Crippen molar-refractivity contribution >= 4 is 33.7 Å². The molecule has 35 heavy (non-hydrogen) atoms. The van der Waals surface area contributed by atoms with Gasteiger partial charge >= 0.3 is 18.0 Å². The fourth-order valence-electron chi connectivity index (χ4n) is 4.09. The Balaban J connectivity index is 1.55. The zero-order chi connectivity index (χ0) is 25.2. The molecular weight excluding hydrogens is 474 g/mol. The van der Waals surface area contributed by atoms with Crippen LogP contribution in [0, 0.1) is 0 Å². The number of hydrogen-bond acceptors (Lipinski definition) is 7. The lowest BCUT2D eigenvalue weighted by molar-refractivity contribution is -0.138. The number of ether oxygens (including phenoxy) is 2.